The molecule has 7 heteroatoms. The molecule has 0 saturated heterocycles. The first-order chi connectivity index (χ1) is 13.6. The fourth-order valence-corrected chi connectivity index (χ4v) is 2.54. The molecule has 7 nitrogen and oxygen atoms in total. The fourth-order valence-electron chi connectivity index (χ4n) is 2.54. The van der Waals surface area contributed by atoms with E-state index in [9.17, 15) is 14.4 Å². The number of methoxy groups -OCH3 is 1. The molecule has 1 N–H and O–H groups in total. The highest BCUT2D eigenvalue weighted by molar-refractivity contribution is 5.98. The minimum atomic E-state index is -0.546. The van der Waals surface area contributed by atoms with Crippen LogP contribution in [0.4, 0.5) is 5.69 Å². The number of nitrogens with zero attached hydrogens (tertiary/aromatic N) is 1. The Bertz CT molecular complexity index is 692. The summed E-state index contributed by atoms with van der Waals surface area (Å²) in [6, 6.07) is 7.30. The van der Waals surface area contributed by atoms with Gasteiger partial charge in [-0.2, -0.15) is 0 Å². The molecule has 1 aromatic rings. The Kier molecular flexibility index (Phi) is 10.1. The third-order valence-electron chi connectivity index (χ3n) is 3.96. The molecule has 0 spiro atoms. The number of carbonyl (C=O) groups excluding carboxylic acids is 3. The van der Waals surface area contributed by atoms with E-state index < -0.39 is 5.60 Å². The van der Waals surface area contributed by atoms with E-state index in [-0.39, 0.29) is 24.2 Å². The first-order valence-corrected chi connectivity index (χ1v) is 9.65. The van der Waals surface area contributed by atoms with Gasteiger partial charge in [0.1, 0.15) is 5.60 Å². The second kappa shape index (κ2) is 12.0. The lowest BCUT2D eigenvalue weighted by molar-refractivity contribution is -0.155. The lowest BCUT2D eigenvalue weighted by atomic mass is 10.1. The van der Waals surface area contributed by atoms with Gasteiger partial charge in [-0.1, -0.05) is 18.7 Å². The molecular weight excluding hydrogens is 372 g/mol. The third kappa shape index (κ3) is 10.4. The number of nitrogens with one attached hydrogen (secondary N) is 1. The van der Waals surface area contributed by atoms with E-state index in [0.717, 1.165) is 5.56 Å². The van der Waals surface area contributed by atoms with Crippen molar-refractivity contribution >= 4 is 23.5 Å². The Morgan fingerprint density at radius 3 is 2.31 bits per heavy atom. The molecule has 0 unspecified atom stereocenters. The van der Waals surface area contributed by atoms with Crippen molar-refractivity contribution in [1.82, 2.24) is 4.90 Å². The highest BCUT2D eigenvalue weighted by Gasteiger charge is 2.19. The molecule has 0 atom stereocenters. The molecule has 0 bridgehead atoms. The van der Waals surface area contributed by atoms with Gasteiger partial charge in [0.15, 0.2) is 0 Å². The van der Waals surface area contributed by atoms with E-state index in [2.05, 4.69) is 11.9 Å². The van der Waals surface area contributed by atoms with Crippen molar-refractivity contribution in [1.29, 1.82) is 0 Å². The summed E-state index contributed by atoms with van der Waals surface area (Å²) in [4.78, 5) is 37.5. The van der Waals surface area contributed by atoms with Crippen molar-refractivity contribution in [2.45, 2.75) is 45.6 Å². The van der Waals surface area contributed by atoms with Crippen molar-refractivity contribution in [3.05, 3.63) is 42.5 Å². The van der Waals surface area contributed by atoms with E-state index in [1.807, 2.05) is 32.9 Å². The minimum absolute atomic E-state index is 0.0466. The summed E-state index contributed by atoms with van der Waals surface area (Å²) in [6.07, 6.45) is 2.23. The average molecular weight is 405 g/mol. The van der Waals surface area contributed by atoms with Crippen LogP contribution >= 0.6 is 0 Å². The highest BCUT2D eigenvalue weighted by Crippen LogP contribution is 2.13. The third-order valence-corrected chi connectivity index (χ3v) is 3.96. The number of hydrogen-bond acceptors (Lipinski definition) is 5. The maximum absolute atomic E-state index is 12.6. The van der Waals surface area contributed by atoms with Crippen LogP contribution in [-0.4, -0.2) is 55.1 Å². The summed E-state index contributed by atoms with van der Waals surface area (Å²) >= 11 is 0. The van der Waals surface area contributed by atoms with Gasteiger partial charge in [-0.3, -0.25) is 14.4 Å². The van der Waals surface area contributed by atoms with Gasteiger partial charge in [-0.15, -0.1) is 0 Å². The fraction of sp³-hybridized carbons (Fsp3) is 0.500. The van der Waals surface area contributed by atoms with Gasteiger partial charge < -0.3 is 19.7 Å². The SMILES string of the molecule is C=CC(=O)Nc1ccc(CCC(=O)N(CCOC)CCC(=O)OC(C)(C)C)cc1. The van der Waals surface area contributed by atoms with Crippen LogP contribution < -0.4 is 5.32 Å². The summed E-state index contributed by atoms with van der Waals surface area (Å²) in [5, 5.41) is 2.68. The number of hydrogen-bond donors (Lipinski definition) is 1. The normalized spacial score (nSPS) is 10.9. The number of amides is 2. The summed E-state index contributed by atoms with van der Waals surface area (Å²) < 4.78 is 10.4. The highest BCUT2D eigenvalue weighted by atomic mass is 16.6. The quantitative estimate of drug-likeness (QED) is 0.453. The molecular formula is C22H32N2O5. The van der Waals surface area contributed by atoms with Gasteiger partial charge in [-0.05, 0) is 51.0 Å². The molecule has 0 aliphatic carbocycles. The Labute approximate surface area is 173 Å². The van der Waals surface area contributed by atoms with Crippen molar-refractivity contribution in [2.75, 3.05) is 32.1 Å². The van der Waals surface area contributed by atoms with Gasteiger partial charge >= 0.3 is 5.97 Å². The summed E-state index contributed by atoms with van der Waals surface area (Å²) in [5.41, 5.74) is 1.10. The molecule has 0 radical (unpaired) electrons. The molecule has 1 aromatic carbocycles. The number of carbonyl (C=O) groups is 3. The maximum atomic E-state index is 12.6. The van der Waals surface area contributed by atoms with Crippen molar-refractivity contribution in [2.24, 2.45) is 0 Å². The summed E-state index contributed by atoms with van der Waals surface area (Å²) in [6.45, 7) is 9.97. The molecule has 29 heavy (non-hydrogen) atoms. The van der Waals surface area contributed by atoms with E-state index in [1.165, 1.54) is 6.08 Å². The van der Waals surface area contributed by atoms with Gasteiger partial charge in [-0.25, -0.2) is 0 Å². The van der Waals surface area contributed by atoms with Crippen molar-refractivity contribution < 1.29 is 23.9 Å². The Balaban J connectivity index is 2.57. The molecule has 0 aliphatic rings. The van der Waals surface area contributed by atoms with Gasteiger partial charge in [0, 0.05) is 32.3 Å². The molecule has 0 aliphatic heterocycles. The van der Waals surface area contributed by atoms with Crippen LogP contribution in [0.3, 0.4) is 0 Å². The second-order valence-electron chi connectivity index (χ2n) is 7.60. The molecule has 1 rings (SSSR count). The predicted octanol–water partition coefficient (Wildman–Crippen LogP) is 2.95. The Morgan fingerprint density at radius 2 is 1.76 bits per heavy atom. The largest absolute Gasteiger partial charge is 0.460 e. The lowest BCUT2D eigenvalue weighted by Crippen LogP contribution is -2.36. The zero-order valence-electron chi connectivity index (χ0n) is 17.8. The van der Waals surface area contributed by atoms with Gasteiger partial charge in [0.2, 0.25) is 11.8 Å². The van der Waals surface area contributed by atoms with Gasteiger partial charge in [0.05, 0.1) is 13.0 Å². The standard InChI is InChI=1S/C22H32N2O5/c1-6-19(25)23-18-10-7-17(8-11-18)9-12-20(26)24(15-16-28-5)14-13-21(27)29-22(2,3)4/h6-8,10-11H,1,9,12-16H2,2-5H3,(H,23,25). The number of anilines is 1. The number of benzene rings is 1. The number of rotatable bonds is 11. The van der Waals surface area contributed by atoms with Gasteiger partial charge in [0.25, 0.3) is 0 Å². The van der Waals surface area contributed by atoms with Crippen molar-refractivity contribution in [3.8, 4) is 0 Å². The lowest BCUT2D eigenvalue weighted by Gasteiger charge is -2.24. The zero-order valence-corrected chi connectivity index (χ0v) is 17.8. The van der Waals surface area contributed by atoms with E-state index >= 15 is 0 Å². The van der Waals surface area contributed by atoms with Crippen LogP contribution in [0, 0.1) is 0 Å². The molecule has 0 aromatic heterocycles. The second-order valence-corrected chi connectivity index (χ2v) is 7.60. The molecule has 0 heterocycles. The summed E-state index contributed by atoms with van der Waals surface area (Å²) in [5.74, 6) is -0.647. The zero-order chi connectivity index (χ0) is 21.9. The monoisotopic (exact) mass is 404 g/mol. The van der Waals surface area contributed by atoms with Crippen LogP contribution in [0.25, 0.3) is 0 Å². The molecule has 0 fully saturated rings. The number of esters is 1. The first kappa shape index (κ1) is 24.4. The van der Waals surface area contributed by atoms with Crippen molar-refractivity contribution in [3.63, 3.8) is 0 Å². The van der Waals surface area contributed by atoms with Crippen LogP contribution in [0.5, 0.6) is 0 Å². The molecule has 0 saturated carbocycles. The average Bonchev–Trinajstić information content (AvgIpc) is 2.65. The summed E-state index contributed by atoms with van der Waals surface area (Å²) in [7, 11) is 1.57. The maximum Gasteiger partial charge on any atom is 0.308 e. The Morgan fingerprint density at radius 1 is 1.10 bits per heavy atom. The van der Waals surface area contributed by atoms with E-state index in [4.69, 9.17) is 9.47 Å². The first-order valence-electron chi connectivity index (χ1n) is 9.65. The predicted molar refractivity (Wildman–Crippen MR) is 113 cm³/mol. The van der Waals surface area contributed by atoms with Crippen LogP contribution in [0.1, 0.15) is 39.2 Å². The topological polar surface area (TPSA) is 84.9 Å². The minimum Gasteiger partial charge on any atom is -0.460 e. The number of ether oxygens (including phenoxy) is 2. The van der Waals surface area contributed by atoms with E-state index in [0.29, 0.717) is 38.2 Å². The van der Waals surface area contributed by atoms with E-state index in [1.54, 1.807) is 24.1 Å². The Hall–Kier alpha value is -2.67. The molecule has 2 amide bonds. The van der Waals surface area contributed by atoms with Crippen LogP contribution in [0.15, 0.2) is 36.9 Å². The smallest absolute Gasteiger partial charge is 0.308 e. The molecule has 160 valence electrons. The van der Waals surface area contributed by atoms with Crippen LogP contribution in [0.2, 0.25) is 0 Å². The number of aryl methyl sites for hydroxylation is 1. The van der Waals surface area contributed by atoms with Crippen LogP contribution in [-0.2, 0) is 30.3 Å².